The minimum absolute atomic E-state index is 0.343. The van der Waals surface area contributed by atoms with Crippen molar-refractivity contribution in [2.24, 2.45) is 0 Å². The molecule has 2 aromatic carbocycles. The van der Waals surface area contributed by atoms with Gasteiger partial charge in [0.2, 0.25) is 0 Å². The number of nitrogens with zero attached hydrogens (tertiary/aromatic N) is 6. The third-order valence-corrected chi connectivity index (χ3v) is 5.97. The zero-order valence-electron chi connectivity index (χ0n) is 18.1. The number of benzene rings is 2. The lowest BCUT2D eigenvalue weighted by molar-refractivity contribution is 0.878. The van der Waals surface area contributed by atoms with Crippen LogP contribution in [-0.2, 0) is 0 Å². The molecule has 164 valence electrons. The summed E-state index contributed by atoms with van der Waals surface area (Å²) in [5.74, 6) is 0.810. The van der Waals surface area contributed by atoms with Gasteiger partial charge < -0.3 is 5.73 Å². The van der Waals surface area contributed by atoms with Gasteiger partial charge in [0.15, 0.2) is 17.1 Å². The largest absolute Gasteiger partial charge is 0.383 e. The average molecular weight is 464 g/mol. The van der Waals surface area contributed by atoms with Crippen LogP contribution in [0.15, 0.2) is 79.1 Å². The molecule has 8 heteroatoms. The summed E-state index contributed by atoms with van der Waals surface area (Å²) in [6.07, 6.45) is 3.41. The fourth-order valence-electron chi connectivity index (χ4n) is 4.20. The summed E-state index contributed by atoms with van der Waals surface area (Å²) in [6.45, 7) is 1.97. The lowest BCUT2D eigenvalue weighted by atomic mass is 9.98. The molecule has 0 atom stereocenters. The lowest BCUT2D eigenvalue weighted by Crippen LogP contribution is -2.03. The second-order valence-electron chi connectivity index (χ2n) is 7.90. The van der Waals surface area contributed by atoms with Crippen LogP contribution in [0.5, 0.6) is 0 Å². The number of para-hydroxylation sites is 1. The van der Waals surface area contributed by atoms with E-state index in [2.05, 4.69) is 9.97 Å². The number of hydrogen-bond acceptors (Lipinski definition) is 6. The van der Waals surface area contributed by atoms with Crippen molar-refractivity contribution in [2.45, 2.75) is 6.92 Å². The van der Waals surface area contributed by atoms with E-state index in [0.717, 1.165) is 33.5 Å². The number of fused-ring (bicyclic) bond motifs is 2. The highest BCUT2D eigenvalue weighted by atomic mass is 35.5. The van der Waals surface area contributed by atoms with Gasteiger partial charge in [0.1, 0.15) is 5.82 Å². The lowest BCUT2D eigenvalue weighted by Gasteiger charge is -2.12. The quantitative estimate of drug-likeness (QED) is 0.365. The summed E-state index contributed by atoms with van der Waals surface area (Å²) in [6, 6.07) is 21.3. The highest BCUT2D eigenvalue weighted by molar-refractivity contribution is 6.30. The number of halogens is 1. The Balaban J connectivity index is 1.76. The van der Waals surface area contributed by atoms with Crippen molar-refractivity contribution >= 4 is 39.5 Å². The minimum Gasteiger partial charge on any atom is -0.383 e. The Bertz CT molecular complexity index is 1660. The molecule has 34 heavy (non-hydrogen) atoms. The molecule has 6 rings (SSSR count). The fourth-order valence-corrected chi connectivity index (χ4v) is 4.33. The van der Waals surface area contributed by atoms with Crippen molar-refractivity contribution in [3.8, 4) is 28.2 Å². The van der Waals surface area contributed by atoms with E-state index in [-0.39, 0.29) is 0 Å². The summed E-state index contributed by atoms with van der Waals surface area (Å²) in [4.78, 5) is 18.5. The molecule has 4 heterocycles. The molecule has 7 nitrogen and oxygen atoms in total. The van der Waals surface area contributed by atoms with Gasteiger partial charge in [0.25, 0.3) is 0 Å². The molecule has 0 unspecified atom stereocenters. The van der Waals surface area contributed by atoms with E-state index >= 15 is 0 Å². The van der Waals surface area contributed by atoms with Crippen LogP contribution in [0.4, 0.5) is 5.82 Å². The number of aromatic nitrogens is 6. The molecular weight excluding hydrogens is 446 g/mol. The molecule has 0 bridgehead atoms. The predicted octanol–water partition coefficient (Wildman–Crippen LogP) is 5.64. The first-order chi connectivity index (χ1) is 16.6. The molecule has 0 aliphatic rings. The molecule has 6 aromatic rings. The van der Waals surface area contributed by atoms with Gasteiger partial charge in [-0.2, -0.15) is 5.10 Å². The van der Waals surface area contributed by atoms with Crippen LogP contribution in [0.25, 0.3) is 50.3 Å². The molecule has 2 N–H and O–H groups in total. The van der Waals surface area contributed by atoms with E-state index in [4.69, 9.17) is 32.4 Å². The van der Waals surface area contributed by atoms with E-state index in [1.165, 1.54) is 0 Å². The van der Waals surface area contributed by atoms with E-state index in [1.54, 1.807) is 12.4 Å². The van der Waals surface area contributed by atoms with Crippen molar-refractivity contribution in [3.63, 3.8) is 0 Å². The molecule has 0 spiro atoms. The fraction of sp³-hybridized carbons (Fsp3) is 0.0385. The molecule has 4 aromatic heterocycles. The standard InChI is InChI=1S/C26H18ClN7/c1-15-20-21(16-9-11-18(27)12-10-16)22-23(28)30-24(17-6-5-13-29-14-17)31-25(22)32-26(20)34(33-15)19-7-3-2-4-8-19/h2-14H,1H3,(H2,28,30,31,32). The van der Waals surface area contributed by atoms with Gasteiger partial charge in [-0.25, -0.2) is 19.6 Å². The number of rotatable bonds is 3. The summed E-state index contributed by atoms with van der Waals surface area (Å²) < 4.78 is 1.84. The maximum absolute atomic E-state index is 6.56. The van der Waals surface area contributed by atoms with E-state index in [1.807, 2.05) is 78.3 Å². The van der Waals surface area contributed by atoms with Crippen LogP contribution >= 0.6 is 11.6 Å². The van der Waals surface area contributed by atoms with E-state index in [0.29, 0.717) is 33.3 Å². The molecule has 0 saturated carbocycles. The molecule has 0 saturated heterocycles. The summed E-state index contributed by atoms with van der Waals surface area (Å²) >= 11 is 6.19. The molecule has 0 fully saturated rings. The first-order valence-corrected chi connectivity index (χ1v) is 11.1. The average Bonchev–Trinajstić information content (AvgIpc) is 3.20. The van der Waals surface area contributed by atoms with Crippen LogP contribution in [-0.4, -0.2) is 29.7 Å². The molecule has 0 aliphatic carbocycles. The first kappa shape index (κ1) is 20.3. The van der Waals surface area contributed by atoms with Gasteiger partial charge >= 0.3 is 0 Å². The van der Waals surface area contributed by atoms with Gasteiger partial charge in [0.05, 0.1) is 22.2 Å². The Hall–Kier alpha value is -4.36. The molecular formula is C26H18ClN7. The maximum Gasteiger partial charge on any atom is 0.168 e. The molecule has 0 aliphatic heterocycles. The van der Waals surface area contributed by atoms with Crippen molar-refractivity contribution in [3.05, 3.63) is 89.8 Å². The van der Waals surface area contributed by atoms with E-state index < -0.39 is 0 Å². The Kier molecular flexibility index (Phi) is 4.71. The van der Waals surface area contributed by atoms with Crippen LogP contribution in [0.1, 0.15) is 5.69 Å². The second kappa shape index (κ2) is 7.90. The zero-order chi connectivity index (χ0) is 23.2. The van der Waals surface area contributed by atoms with E-state index in [9.17, 15) is 0 Å². The summed E-state index contributed by atoms with van der Waals surface area (Å²) in [7, 11) is 0. The van der Waals surface area contributed by atoms with Crippen LogP contribution in [0.2, 0.25) is 5.02 Å². The number of hydrogen-bond donors (Lipinski definition) is 1. The maximum atomic E-state index is 6.56. The Labute approximate surface area is 199 Å². The summed E-state index contributed by atoms with van der Waals surface area (Å²) in [5.41, 5.74) is 12.0. The van der Waals surface area contributed by atoms with Crippen LogP contribution in [0.3, 0.4) is 0 Å². The van der Waals surface area contributed by atoms with Crippen molar-refractivity contribution in [2.75, 3.05) is 5.73 Å². The normalized spacial score (nSPS) is 11.4. The number of nitrogen functional groups attached to an aromatic ring is 1. The van der Waals surface area contributed by atoms with Gasteiger partial charge in [0, 0.05) is 28.5 Å². The zero-order valence-corrected chi connectivity index (χ0v) is 18.9. The number of anilines is 1. The number of nitrogens with two attached hydrogens (primary N) is 1. The summed E-state index contributed by atoms with van der Waals surface area (Å²) in [5, 5.41) is 7.05. The first-order valence-electron chi connectivity index (χ1n) is 10.7. The second-order valence-corrected chi connectivity index (χ2v) is 8.33. The Morgan fingerprint density at radius 2 is 1.62 bits per heavy atom. The SMILES string of the molecule is Cc1nn(-c2ccccc2)c2nc3nc(-c4cccnc4)nc(N)c3c(-c3ccc(Cl)cc3)c12. The third kappa shape index (κ3) is 3.25. The van der Waals surface area contributed by atoms with Gasteiger partial charge in [-0.05, 0) is 48.9 Å². The number of aryl methyl sites for hydroxylation is 1. The highest BCUT2D eigenvalue weighted by Gasteiger charge is 2.22. The predicted molar refractivity (Wildman–Crippen MR) is 135 cm³/mol. The third-order valence-electron chi connectivity index (χ3n) is 5.72. The minimum atomic E-state index is 0.343. The monoisotopic (exact) mass is 463 g/mol. The topological polar surface area (TPSA) is 95.4 Å². The van der Waals surface area contributed by atoms with Gasteiger partial charge in [-0.15, -0.1) is 0 Å². The van der Waals surface area contributed by atoms with Crippen molar-refractivity contribution in [1.82, 2.24) is 29.7 Å². The number of pyridine rings is 2. The Morgan fingerprint density at radius 3 is 2.35 bits per heavy atom. The molecule has 0 radical (unpaired) electrons. The van der Waals surface area contributed by atoms with Crippen LogP contribution in [0, 0.1) is 6.92 Å². The van der Waals surface area contributed by atoms with Crippen molar-refractivity contribution < 1.29 is 0 Å². The smallest absolute Gasteiger partial charge is 0.168 e. The van der Waals surface area contributed by atoms with Crippen molar-refractivity contribution in [1.29, 1.82) is 0 Å². The van der Waals surface area contributed by atoms with Gasteiger partial charge in [-0.3, -0.25) is 4.98 Å². The van der Waals surface area contributed by atoms with Crippen LogP contribution < -0.4 is 5.73 Å². The van der Waals surface area contributed by atoms with Gasteiger partial charge in [-0.1, -0.05) is 41.9 Å². The highest BCUT2D eigenvalue weighted by Crippen LogP contribution is 2.39. The Morgan fingerprint density at radius 1 is 0.824 bits per heavy atom. The molecule has 0 amide bonds.